The fourth-order valence-corrected chi connectivity index (χ4v) is 3.50. The summed E-state index contributed by atoms with van der Waals surface area (Å²) in [6.07, 6.45) is 0.958. The second-order valence-electron chi connectivity index (χ2n) is 6.04. The SMILES string of the molecule is CCc1ccc2nc(NC(=O)NCCNC(=O)c3ccc(OC)cc3)sc2c1. The third kappa shape index (κ3) is 4.98. The molecule has 0 aliphatic heterocycles. The zero-order chi connectivity index (χ0) is 19.9. The number of carbonyl (C=O) groups is 2. The largest absolute Gasteiger partial charge is 0.497 e. The number of rotatable bonds is 7. The van der Waals surface area contributed by atoms with E-state index in [1.54, 1.807) is 31.4 Å². The number of ether oxygens (including phenoxy) is 1. The van der Waals surface area contributed by atoms with Crippen LogP contribution in [0.25, 0.3) is 10.2 Å². The highest BCUT2D eigenvalue weighted by Crippen LogP contribution is 2.26. The van der Waals surface area contributed by atoms with E-state index in [2.05, 4.69) is 33.9 Å². The monoisotopic (exact) mass is 398 g/mol. The number of anilines is 1. The molecule has 0 saturated carbocycles. The summed E-state index contributed by atoms with van der Waals surface area (Å²) in [6, 6.07) is 12.6. The number of methoxy groups -OCH3 is 1. The zero-order valence-corrected chi connectivity index (χ0v) is 16.6. The van der Waals surface area contributed by atoms with Gasteiger partial charge in [-0.3, -0.25) is 10.1 Å². The normalized spacial score (nSPS) is 10.5. The topological polar surface area (TPSA) is 92.4 Å². The number of nitrogens with zero attached hydrogens (tertiary/aromatic N) is 1. The van der Waals surface area contributed by atoms with Crippen molar-refractivity contribution >= 4 is 38.6 Å². The predicted octanol–water partition coefficient (Wildman–Crippen LogP) is 3.42. The van der Waals surface area contributed by atoms with Gasteiger partial charge in [-0.1, -0.05) is 24.3 Å². The van der Waals surface area contributed by atoms with E-state index in [0.29, 0.717) is 29.5 Å². The van der Waals surface area contributed by atoms with Crippen LogP contribution in [-0.4, -0.2) is 37.1 Å². The van der Waals surface area contributed by atoms with Crippen molar-refractivity contribution in [3.05, 3.63) is 53.6 Å². The third-order valence-corrected chi connectivity index (χ3v) is 5.06. The Morgan fingerprint density at radius 3 is 2.54 bits per heavy atom. The first kappa shape index (κ1) is 19.6. The molecular formula is C20H22N4O3S. The Labute approximate surface area is 167 Å². The number of aryl methyl sites for hydroxylation is 1. The van der Waals surface area contributed by atoms with Crippen LogP contribution in [-0.2, 0) is 6.42 Å². The maximum absolute atomic E-state index is 12.0. The van der Waals surface area contributed by atoms with Crippen LogP contribution in [0.15, 0.2) is 42.5 Å². The van der Waals surface area contributed by atoms with Gasteiger partial charge in [0, 0.05) is 18.7 Å². The van der Waals surface area contributed by atoms with Crippen molar-refractivity contribution in [1.29, 1.82) is 0 Å². The number of nitrogens with one attached hydrogen (secondary N) is 3. The molecule has 0 aliphatic rings. The lowest BCUT2D eigenvalue weighted by Crippen LogP contribution is -2.36. The highest BCUT2D eigenvalue weighted by molar-refractivity contribution is 7.22. The molecule has 7 nitrogen and oxygen atoms in total. The van der Waals surface area contributed by atoms with E-state index in [-0.39, 0.29) is 11.9 Å². The van der Waals surface area contributed by atoms with Gasteiger partial charge in [-0.25, -0.2) is 9.78 Å². The molecule has 0 fully saturated rings. The van der Waals surface area contributed by atoms with E-state index in [1.807, 2.05) is 12.1 Å². The van der Waals surface area contributed by atoms with Gasteiger partial charge in [0.25, 0.3) is 5.91 Å². The van der Waals surface area contributed by atoms with Gasteiger partial charge < -0.3 is 15.4 Å². The van der Waals surface area contributed by atoms with Gasteiger partial charge in [0.15, 0.2) is 5.13 Å². The lowest BCUT2D eigenvalue weighted by Gasteiger charge is -2.07. The minimum absolute atomic E-state index is 0.206. The number of carbonyl (C=O) groups excluding carboxylic acids is 2. The lowest BCUT2D eigenvalue weighted by atomic mass is 10.2. The van der Waals surface area contributed by atoms with Crippen LogP contribution in [0.3, 0.4) is 0 Å². The van der Waals surface area contributed by atoms with Crippen molar-refractivity contribution in [2.24, 2.45) is 0 Å². The van der Waals surface area contributed by atoms with Crippen molar-refractivity contribution in [3.8, 4) is 5.75 Å². The van der Waals surface area contributed by atoms with Gasteiger partial charge in [0.2, 0.25) is 0 Å². The molecule has 1 heterocycles. The van der Waals surface area contributed by atoms with Crippen molar-refractivity contribution in [2.75, 3.05) is 25.5 Å². The molecule has 0 radical (unpaired) electrons. The summed E-state index contributed by atoms with van der Waals surface area (Å²) in [4.78, 5) is 28.5. The molecule has 0 atom stereocenters. The molecule has 3 aromatic rings. The van der Waals surface area contributed by atoms with Crippen LogP contribution in [0, 0.1) is 0 Å². The smallest absolute Gasteiger partial charge is 0.321 e. The lowest BCUT2D eigenvalue weighted by molar-refractivity contribution is 0.0954. The highest BCUT2D eigenvalue weighted by atomic mass is 32.1. The highest BCUT2D eigenvalue weighted by Gasteiger charge is 2.09. The Morgan fingerprint density at radius 2 is 1.82 bits per heavy atom. The molecule has 0 bridgehead atoms. The van der Waals surface area contributed by atoms with Crippen LogP contribution in [0.5, 0.6) is 5.75 Å². The summed E-state index contributed by atoms with van der Waals surface area (Å²) in [6.45, 7) is 2.72. The number of fused-ring (bicyclic) bond motifs is 1. The van der Waals surface area contributed by atoms with Crippen LogP contribution < -0.4 is 20.7 Å². The number of urea groups is 1. The van der Waals surface area contributed by atoms with Crippen molar-refractivity contribution < 1.29 is 14.3 Å². The first-order chi connectivity index (χ1) is 13.6. The molecule has 146 valence electrons. The molecule has 0 aliphatic carbocycles. The van der Waals surface area contributed by atoms with Gasteiger partial charge in [0.05, 0.1) is 17.3 Å². The number of hydrogen-bond acceptors (Lipinski definition) is 5. The van der Waals surface area contributed by atoms with E-state index in [4.69, 9.17) is 4.74 Å². The number of benzene rings is 2. The van der Waals surface area contributed by atoms with Gasteiger partial charge in [-0.15, -0.1) is 0 Å². The Kier molecular flexibility index (Phi) is 6.44. The molecule has 2 aromatic carbocycles. The van der Waals surface area contributed by atoms with Gasteiger partial charge in [0.1, 0.15) is 5.75 Å². The standard InChI is InChI=1S/C20H22N4O3S/c1-3-13-4-9-16-17(12-13)28-20(23-16)24-19(26)22-11-10-21-18(25)14-5-7-15(27-2)8-6-14/h4-9,12H,3,10-11H2,1-2H3,(H,21,25)(H2,22,23,24,26). The minimum Gasteiger partial charge on any atom is -0.497 e. The molecule has 1 aromatic heterocycles. The number of thiazole rings is 1. The average Bonchev–Trinajstić information content (AvgIpc) is 3.12. The third-order valence-electron chi connectivity index (χ3n) is 4.13. The van der Waals surface area contributed by atoms with Crippen molar-refractivity contribution in [2.45, 2.75) is 13.3 Å². The summed E-state index contributed by atoms with van der Waals surface area (Å²) in [5.74, 6) is 0.485. The molecule has 0 spiro atoms. The van der Waals surface area contributed by atoms with E-state index in [9.17, 15) is 9.59 Å². The minimum atomic E-state index is -0.353. The number of hydrogen-bond donors (Lipinski definition) is 3. The molecule has 28 heavy (non-hydrogen) atoms. The first-order valence-electron chi connectivity index (χ1n) is 8.95. The summed E-state index contributed by atoms with van der Waals surface area (Å²) in [7, 11) is 1.57. The number of aromatic nitrogens is 1. The van der Waals surface area contributed by atoms with Gasteiger partial charge >= 0.3 is 6.03 Å². The van der Waals surface area contributed by atoms with Crippen LogP contribution in [0.1, 0.15) is 22.8 Å². The molecule has 3 amide bonds. The Balaban J connectivity index is 1.43. The summed E-state index contributed by atoms with van der Waals surface area (Å²) in [5.41, 5.74) is 2.63. The van der Waals surface area contributed by atoms with E-state index >= 15 is 0 Å². The quantitative estimate of drug-likeness (QED) is 0.532. The van der Waals surface area contributed by atoms with Crippen molar-refractivity contribution in [1.82, 2.24) is 15.6 Å². The van der Waals surface area contributed by atoms with E-state index in [0.717, 1.165) is 16.6 Å². The number of amides is 3. The van der Waals surface area contributed by atoms with Gasteiger partial charge in [-0.2, -0.15) is 0 Å². The van der Waals surface area contributed by atoms with Crippen LogP contribution in [0.4, 0.5) is 9.93 Å². The Hall–Kier alpha value is -3.13. The molecule has 0 unspecified atom stereocenters. The summed E-state index contributed by atoms with van der Waals surface area (Å²) >= 11 is 1.44. The Bertz CT molecular complexity index is 969. The van der Waals surface area contributed by atoms with Crippen molar-refractivity contribution in [3.63, 3.8) is 0 Å². The zero-order valence-electron chi connectivity index (χ0n) is 15.7. The molecule has 8 heteroatoms. The summed E-state index contributed by atoms with van der Waals surface area (Å²) in [5, 5.41) is 8.74. The molecular weight excluding hydrogens is 376 g/mol. The molecule has 3 rings (SSSR count). The molecule has 0 saturated heterocycles. The fraction of sp³-hybridized carbons (Fsp3) is 0.250. The predicted molar refractivity (Wildman–Crippen MR) is 111 cm³/mol. The fourth-order valence-electron chi connectivity index (χ4n) is 2.58. The van der Waals surface area contributed by atoms with Crippen LogP contribution >= 0.6 is 11.3 Å². The Morgan fingerprint density at radius 1 is 1.07 bits per heavy atom. The second-order valence-corrected chi connectivity index (χ2v) is 7.07. The summed E-state index contributed by atoms with van der Waals surface area (Å²) < 4.78 is 6.11. The van der Waals surface area contributed by atoms with E-state index in [1.165, 1.54) is 16.9 Å². The second kappa shape index (κ2) is 9.18. The van der Waals surface area contributed by atoms with E-state index < -0.39 is 0 Å². The molecule has 3 N–H and O–H groups in total. The van der Waals surface area contributed by atoms with Gasteiger partial charge in [-0.05, 0) is 48.4 Å². The first-order valence-corrected chi connectivity index (χ1v) is 9.77. The maximum Gasteiger partial charge on any atom is 0.321 e. The average molecular weight is 398 g/mol. The van der Waals surface area contributed by atoms with Crippen LogP contribution in [0.2, 0.25) is 0 Å². The maximum atomic E-state index is 12.0.